The minimum absolute atomic E-state index is 0.000879. The van der Waals surface area contributed by atoms with Crippen LogP contribution in [0.5, 0.6) is 0 Å². The molecule has 0 N–H and O–H groups in total. The normalized spacial score (nSPS) is 13.7. The van der Waals surface area contributed by atoms with Gasteiger partial charge in [0.1, 0.15) is 11.4 Å². The molecular formula is C29H33F3N4O3. The number of hydrogen-bond donors (Lipinski definition) is 0. The van der Waals surface area contributed by atoms with E-state index >= 15 is 0 Å². The van der Waals surface area contributed by atoms with Gasteiger partial charge in [-0.3, -0.25) is 9.48 Å². The second-order valence-corrected chi connectivity index (χ2v) is 11.0. The number of carbonyl (C=O) groups is 2. The Bertz CT molecular complexity index is 1430. The van der Waals surface area contributed by atoms with Gasteiger partial charge >= 0.3 is 6.09 Å². The van der Waals surface area contributed by atoms with Crippen molar-refractivity contribution in [2.75, 3.05) is 19.6 Å². The van der Waals surface area contributed by atoms with E-state index in [4.69, 9.17) is 4.74 Å². The molecule has 0 spiro atoms. The maximum Gasteiger partial charge on any atom is 0.410 e. The first-order valence-corrected chi connectivity index (χ1v) is 12.8. The van der Waals surface area contributed by atoms with E-state index in [0.29, 0.717) is 24.2 Å². The molecule has 3 aromatic rings. The summed E-state index contributed by atoms with van der Waals surface area (Å²) in [6.07, 6.45) is 0.511. The summed E-state index contributed by atoms with van der Waals surface area (Å²) >= 11 is 0. The second kappa shape index (κ2) is 10.7. The summed E-state index contributed by atoms with van der Waals surface area (Å²) in [7, 11) is 1.79. The van der Waals surface area contributed by atoms with Crippen molar-refractivity contribution in [3.63, 3.8) is 0 Å². The molecule has 0 atom stereocenters. The molecule has 10 heteroatoms. The Balaban J connectivity index is 1.74. The third-order valence-corrected chi connectivity index (χ3v) is 6.42. The zero-order chi connectivity index (χ0) is 28.6. The molecule has 0 saturated carbocycles. The lowest BCUT2D eigenvalue weighted by atomic mass is 9.93. The summed E-state index contributed by atoms with van der Waals surface area (Å²) in [6.45, 7) is 8.82. The molecule has 1 aliphatic heterocycles. The highest BCUT2D eigenvalue weighted by molar-refractivity contribution is 6.06. The minimum atomic E-state index is -2.73. The number of aromatic nitrogens is 2. The van der Waals surface area contributed by atoms with Crippen LogP contribution in [0.1, 0.15) is 50.5 Å². The Morgan fingerprint density at radius 3 is 2.44 bits per heavy atom. The molecule has 1 saturated heterocycles. The fraction of sp³-hybridized carbons (Fsp3) is 0.414. The highest BCUT2D eigenvalue weighted by Gasteiger charge is 2.30. The number of fused-ring (bicyclic) bond motifs is 1. The third-order valence-electron chi connectivity index (χ3n) is 6.42. The van der Waals surface area contributed by atoms with Crippen molar-refractivity contribution in [3.05, 3.63) is 59.0 Å². The van der Waals surface area contributed by atoms with E-state index in [2.05, 4.69) is 5.10 Å². The standard InChI is InChI=1S/C29H33F3N4O3/c1-17(2)36(16-26(31)32)27(37)23-12-20(30)7-8-21(23)22-10-18(11-25-24(22)13-33-34(25)6)9-19-14-35(15-19)28(38)39-29(3,4)5/h7-13,17,26H,14-16H2,1-6H3. The smallest absolute Gasteiger partial charge is 0.410 e. The second-order valence-electron chi connectivity index (χ2n) is 11.0. The third kappa shape index (κ3) is 6.26. The lowest BCUT2D eigenvalue weighted by molar-refractivity contribution is 0.0216. The summed E-state index contributed by atoms with van der Waals surface area (Å²) in [5.41, 5.74) is 3.05. The molecule has 208 valence electrons. The average molecular weight is 543 g/mol. The van der Waals surface area contributed by atoms with Crippen LogP contribution >= 0.6 is 0 Å². The molecule has 1 fully saturated rings. The lowest BCUT2D eigenvalue weighted by Gasteiger charge is -2.35. The maximum absolute atomic E-state index is 14.4. The Labute approximate surface area is 225 Å². The van der Waals surface area contributed by atoms with Crippen LogP contribution in [-0.2, 0) is 11.8 Å². The first kappa shape index (κ1) is 28.2. The Morgan fingerprint density at radius 2 is 1.82 bits per heavy atom. The predicted octanol–water partition coefficient (Wildman–Crippen LogP) is 6.13. The number of rotatable bonds is 6. The largest absolute Gasteiger partial charge is 0.444 e. The monoisotopic (exact) mass is 542 g/mol. The van der Waals surface area contributed by atoms with Crippen molar-refractivity contribution in [3.8, 4) is 11.1 Å². The van der Waals surface area contributed by atoms with Crippen molar-refractivity contribution in [1.29, 1.82) is 0 Å². The van der Waals surface area contributed by atoms with E-state index in [1.165, 1.54) is 12.1 Å². The molecule has 0 unspecified atom stereocenters. The van der Waals surface area contributed by atoms with Crippen LogP contribution in [0.2, 0.25) is 0 Å². The zero-order valence-electron chi connectivity index (χ0n) is 23.0. The molecule has 0 radical (unpaired) electrons. The fourth-order valence-corrected chi connectivity index (χ4v) is 4.56. The fourth-order valence-electron chi connectivity index (χ4n) is 4.56. The van der Waals surface area contributed by atoms with E-state index < -0.39 is 36.3 Å². The topological polar surface area (TPSA) is 67.7 Å². The van der Waals surface area contributed by atoms with Gasteiger partial charge in [0.25, 0.3) is 12.3 Å². The van der Waals surface area contributed by atoms with Crippen molar-refractivity contribution in [2.45, 2.75) is 52.7 Å². The van der Waals surface area contributed by atoms with Gasteiger partial charge in [-0.1, -0.05) is 12.1 Å². The summed E-state index contributed by atoms with van der Waals surface area (Å²) in [5, 5.41) is 5.09. The van der Waals surface area contributed by atoms with Gasteiger partial charge in [0.2, 0.25) is 0 Å². The van der Waals surface area contributed by atoms with Crippen LogP contribution in [0, 0.1) is 5.82 Å². The van der Waals surface area contributed by atoms with E-state index in [9.17, 15) is 22.8 Å². The molecule has 2 aromatic carbocycles. The molecule has 2 heterocycles. The van der Waals surface area contributed by atoms with Gasteiger partial charge in [-0.2, -0.15) is 5.10 Å². The molecule has 0 bridgehead atoms. The number of carbonyl (C=O) groups excluding carboxylic acids is 2. The van der Waals surface area contributed by atoms with Gasteiger partial charge in [-0.25, -0.2) is 18.0 Å². The summed E-state index contributed by atoms with van der Waals surface area (Å²) < 4.78 is 48.1. The number of alkyl halides is 2. The molecule has 4 rings (SSSR count). The number of hydrogen-bond acceptors (Lipinski definition) is 4. The number of halogens is 3. The number of ether oxygens (including phenoxy) is 1. The Hall–Kier alpha value is -3.82. The van der Waals surface area contributed by atoms with Gasteiger partial charge < -0.3 is 14.5 Å². The predicted molar refractivity (Wildman–Crippen MR) is 144 cm³/mol. The van der Waals surface area contributed by atoms with Crippen LogP contribution in [0.15, 0.2) is 42.1 Å². The Morgan fingerprint density at radius 1 is 1.13 bits per heavy atom. The number of likely N-dealkylation sites (tertiary alicyclic amines) is 1. The first-order chi connectivity index (χ1) is 18.2. The van der Waals surface area contributed by atoms with E-state index in [1.54, 1.807) is 36.7 Å². The Kier molecular flexibility index (Phi) is 7.77. The van der Waals surface area contributed by atoms with Crippen molar-refractivity contribution >= 4 is 29.0 Å². The van der Waals surface area contributed by atoms with E-state index in [0.717, 1.165) is 33.0 Å². The summed E-state index contributed by atoms with van der Waals surface area (Å²) in [6, 6.07) is 7.13. The molecule has 1 aromatic heterocycles. The van der Waals surface area contributed by atoms with Gasteiger partial charge in [0.05, 0.1) is 23.8 Å². The molecule has 0 aliphatic carbocycles. The first-order valence-electron chi connectivity index (χ1n) is 12.8. The quantitative estimate of drug-likeness (QED) is 0.376. The van der Waals surface area contributed by atoms with Gasteiger partial charge in [-0.05, 0) is 81.1 Å². The van der Waals surface area contributed by atoms with E-state index in [-0.39, 0.29) is 11.7 Å². The number of aryl methyl sites for hydroxylation is 1. The highest BCUT2D eigenvalue weighted by Crippen LogP contribution is 2.35. The maximum atomic E-state index is 14.4. The van der Waals surface area contributed by atoms with Crippen molar-refractivity contribution < 1.29 is 27.5 Å². The van der Waals surface area contributed by atoms with Crippen molar-refractivity contribution in [1.82, 2.24) is 19.6 Å². The average Bonchev–Trinajstić information content (AvgIpc) is 3.17. The van der Waals surface area contributed by atoms with Crippen LogP contribution in [0.3, 0.4) is 0 Å². The molecule has 2 amide bonds. The molecule has 1 aliphatic rings. The molecular weight excluding hydrogens is 509 g/mol. The van der Waals surface area contributed by atoms with E-state index in [1.807, 2.05) is 39.0 Å². The summed E-state index contributed by atoms with van der Waals surface area (Å²) in [5.74, 6) is -1.31. The van der Waals surface area contributed by atoms with Crippen LogP contribution < -0.4 is 0 Å². The van der Waals surface area contributed by atoms with Crippen LogP contribution in [0.4, 0.5) is 18.0 Å². The number of benzene rings is 2. The highest BCUT2D eigenvalue weighted by atomic mass is 19.3. The molecule has 39 heavy (non-hydrogen) atoms. The zero-order valence-corrected chi connectivity index (χ0v) is 23.0. The van der Waals surface area contributed by atoms with Crippen LogP contribution in [0.25, 0.3) is 28.1 Å². The van der Waals surface area contributed by atoms with Gasteiger partial charge in [0.15, 0.2) is 0 Å². The number of nitrogens with zero attached hydrogens (tertiary/aromatic N) is 4. The molecule has 7 nitrogen and oxygen atoms in total. The number of amides is 2. The minimum Gasteiger partial charge on any atom is -0.444 e. The lowest BCUT2D eigenvalue weighted by Crippen LogP contribution is -2.46. The van der Waals surface area contributed by atoms with Gasteiger partial charge in [-0.15, -0.1) is 0 Å². The van der Waals surface area contributed by atoms with Crippen LogP contribution in [-0.4, -0.2) is 69.3 Å². The van der Waals surface area contributed by atoms with Crippen molar-refractivity contribution in [2.24, 2.45) is 7.05 Å². The SMILES string of the molecule is CC(C)N(CC(F)F)C(=O)c1cc(F)ccc1-c1cc(C=C2CN(C(=O)OC(C)(C)C)C2)cc2c1cnn2C. The summed E-state index contributed by atoms with van der Waals surface area (Å²) in [4.78, 5) is 28.4. The van der Waals surface area contributed by atoms with Gasteiger partial charge in [0, 0.05) is 31.6 Å².